The van der Waals surface area contributed by atoms with Crippen LogP contribution in [-0.4, -0.2) is 24.5 Å². The maximum absolute atomic E-state index is 5.69. The van der Waals surface area contributed by atoms with E-state index in [1.807, 2.05) is 0 Å². The smallest absolute Gasteiger partial charge is 0.0367 e. The number of hydrogen-bond donors (Lipinski definition) is 1. The maximum atomic E-state index is 5.69. The molecule has 0 saturated carbocycles. The summed E-state index contributed by atoms with van der Waals surface area (Å²) in [6.07, 6.45) is 2.38. The van der Waals surface area contributed by atoms with Gasteiger partial charge >= 0.3 is 0 Å². The highest BCUT2D eigenvalue weighted by molar-refractivity contribution is 5.63. The van der Waals surface area contributed by atoms with Crippen molar-refractivity contribution in [2.45, 2.75) is 33.6 Å². The minimum atomic E-state index is 0.674. The van der Waals surface area contributed by atoms with Gasteiger partial charge in [0.25, 0.3) is 0 Å². The molecule has 18 heavy (non-hydrogen) atoms. The van der Waals surface area contributed by atoms with Gasteiger partial charge in [0.1, 0.15) is 0 Å². The van der Waals surface area contributed by atoms with Crippen LogP contribution in [0.3, 0.4) is 0 Å². The zero-order chi connectivity index (χ0) is 13.5. The molecule has 2 nitrogen and oxygen atoms in total. The minimum Gasteiger partial charge on any atom is -0.370 e. The summed E-state index contributed by atoms with van der Waals surface area (Å²) in [7, 11) is 0. The van der Waals surface area contributed by atoms with E-state index in [-0.39, 0.29) is 0 Å². The Balaban J connectivity index is 2.83. The van der Waals surface area contributed by atoms with Gasteiger partial charge in [0.2, 0.25) is 0 Å². The van der Waals surface area contributed by atoms with Crippen molar-refractivity contribution in [3.05, 3.63) is 41.5 Å². The lowest BCUT2D eigenvalue weighted by Crippen LogP contribution is -2.28. The second-order valence-corrected chi connectivity index (χ2v) is 4.88. The molecule has 2 heteroatoms. The maximum Gasteiger partial charge on any atom is 0.0367 e. The van der Waals surface area contributed by atoms with Crippen LogP contribution in [0.1, 0.15) is 36.5 Å². The zero-order valence-electron chi connectivity index (χ0n) is 12.0. The van der Waals surface area contributed by atoms with Crippen LogP contribution in [0, 0.1) is 13.8 Å². The fraction of sp³-hybridized carbons (Fsp3) is 0.500. The van der Waals surface area contributed by atoms with Gasteiger partial charge in [-0.2, -0.15) is 0 Å². The Bertz CT molecular complexity index is 396. The second-order valence-electron chi connectivity index (χ2n) is 4.88. The van der Waals surface area contributed by atoms with Gasteiger partial charge in [0.05, 0.1) is 0 Å². The predicted molar refractivity (Wildman–Crippen MR) is 80.5 cm³/mol. The molecule has 0 radical (unpaired) electrons. The third-order valence-electron chi connectivity index (χ3n) is 3.40. The first-order valence-electron chi connectivity index (χ1n) is 6.81. The normalized spacial score (nSPS) is 10.4. The molecule has 0 aliphatic rings. The number of unbranched alkanes of at least 4 members (excludes halogenated alkanes) is 1. The highest BCUT2D eigenvalue weighted by Crippen LogP contribution is 2.20. The van der Waals surface area contributed by atoms with Crippen LogP contribution >= 0.6 is 0 Å². The Labute approximate surface area is 111 Å². The lowest BCUT2D eigenvalue weighted by atomic mass is 10.0. The van der Waals surface area contributed by atoms with Crippen molar-refractivity contribution in [2.24, 2.45) is 5.73 Å². The third kappa shape index (κ3) is 3.88. The Morgan fingerprint density at radius 1 is 1.22 bits per heavy atom. The summed E-state index contributed by atoms with van der Waals surface area (Å²) in [6.45, 7) is 13.3. The summed E-state index contributed by atoms with van der Waals surface area (Å²) in [5.74, 6) is 0. The summed E-state index contributed by atoms with van der Waals surface area (Å²) < 4.78 is 0. The van der Waals surface area contributed by atoms with Crippen molar-refractivity contribution in [3.63, 3.8) is 0 Å². The van der Waals surface area contributed by atoms with Crippen LogP contribution in [0.5, 0.6) is 0 Å². The van der Waals surface area contributed by atoms with Gasteiger partial charge in [-0.05, 0) is 43.0 Å². The van der Waals surface area contributed by atoms with Crippen molar-refractivity contribution in [2.75, 3.05) is 19.6 Å². The van der Waals surface area contributed by atoms with E-state index in [0.29, 0.717) is 6.54 Å². The van der Waals surface area contributed by atoms with Crippen molar-refractivity contribution in [1.29, 1.82) is 0 Å². The van der Waals surface area contributed by atoms with Gasteiger partial charge in [-0.25, -0.2) is 0 Å². The largest absolute Gasteiger partial charge is 0.370 e. The quantitative estimate of drug-likeness (QED) is 0.799. The molecule has 2 N–H and O–H groups in total. The fourth-order valence-corrected chi connectivity index (χ4v) is 1.99. The first-order chi connectivity index (χ1) is 8.60. The van der Waals surface area contributed by atoms with Crippen LogP contribution < -0.4 is 5.73 Å². The average Bonchev–Trinajstić information content (AvgIpc) is 2.37. The van der Waals surface area contributed by atoms with Crippen molar-refractivity contribution in [3.8, 4) is 0 Å². The number of nitrogens with two attached hydrogens (primary N) is 1. The first-order valence-corrected chi connectivity index (χ1v) is 6.81. The molecule has 0 amide bonds. The molecule has 0 spiro atoms. The number of nitrogens with zero attached hydrogens (tertiary/aromatic N) is 1. The molecule has 0 saturated heterocycles. The molecule has 0 aliphatic carbocycles. The van der Waals surface area contributed by atoms with Gasteiger partial charge in [-0.15, -0.1) is 0 Å². The van der Waals surface area contributed by atoms with Crippen LogP contribution in [0.15, 0.2) is 24.8 Å². The lowest BCUT2D eigenvalue weighted by Gasteiger charge is -2.26. The minimum absolute atomic E-state index is 0.674. The molecule has 100 valence electrons. The van der Waals surface area contributed by atoms with Crippen LogP contribution in [0.2, 0.25) is 0 Å². The standard InChI is InChI=1S/C16H26N2/c1-5-6-10-18(11-9-17)15(4)16-8-7-13(2)14(3)12-16/h7-8,12H,4-6,9-11,17H2,1-3H3. The number of aryl methyl sites for hydroxylation is 2. The molecular weight excluding hydrogens is 220 g/mol. The van der Waals surface area contributed by atoms with Crippen molar-refractivity contribution < 1.29 is 0 Å². The second kappa shape index (κ2) is 7.22. The Morgan fingerprint density at radius 2 is 1.94 bits per heavy atom. The van der Waals surface area contributed by atoms with Crippen LogP contribution in [0.4, 0.5) is 0 Å². The predicted octanol–water partition coefficient (Wildman–Crippen LogP) is 3.33. The third-order valence-corrected chi connectivity index (χ3v) is 3.40. The number of hydrogen-bond acceptors (Lipinski definition) is 2. The molecule has 0 heterocycles. The van der Waals surface area contributed by atoms with E-state index in [9.17, 15) is 0 Å². The van der Waals surface area contributed by atoms with Crippen LogP contribution in [-0.2, 0) is 0 Å². The van der Waals surface area contributed by atoms with E-state index in [1.54, 1.807) is 0 Å². The molecule has 1 rings (SSSR count). The summed E-state index contributed by atoms with van der Waals surface area (Å²) in [4.78, 5) is 2.30. The van der Waals surface area contributed by atoms with E-state index < -0.39 is 0 Å². The number of rotatable bonds is 7. The highest BCUT2D eigenvalue weighted by atomic mass is 15.1. The van der Waals surface area contributed by atoms with E-state index in [1.165, 1.54) is 29.5 Å². The molecule has 1 aromatic carbocycles. The molecule has 0 bridgehead atoms. The molecule has 0 atom stereocenters. The van der Waals surface area contributed by atoms with Crippen LogP contribution in [0.25, 0.3) is 5.70 Å². The molecule has 0 aromatic heterocycles. The van der Waals surface area contributed by atoms with Gasteiger partial charge < -0.3 is 10.6 Å². The summed E-state index contributed by atoms with van der Waals surface area (Å²) in [5.41, 5.74) is 10.6. The van der Waals surface area contributed by atoms with E-state index >= 15 is 0 Å². The monoisotopic (exact) mass is 246 g/mol. The van der Waals surface area contributed by atoms with Gasteiger partial charge in [0.15, 0.2) is 0 Å². The van der Waals surface area contributed by atoms with Crippen molar-refractivity contribution in [1.82, 2.24) is 4.90 Å². The topological polar surface area (TPSA) is 29.3 Å². The Morgan fingerprint density at radius 3 is 2.50 bits per heavy atom. The first kappa shape index (κ1) is 14.8. The number of benzene rings is 1. The van der Waals surface area contributed by atoms with E-state index in [2.05, 4.69) is 50.4 Å². The van der Waals surface area contributed by atoms with Gasteiger partial charge in [0, 0.05) is 25.3 Å². The highest BCUT2D eigenvalue weighted by Gasteiger charge is 2.09. The van der Waals surface area contributed by atoms with E-state index in [4.69, 9.17) is 5.73 Å². The molecule has 0 unspecified atom stereocenters. The molecule has 0 aliphatic heterocycles. The summed E-state index contributed by atoms with van der Waals surface area (Å²) in [6, 6.07) is 6.53. The Kier molecular flexibility index (Phi) is 5.93. The fourth-order valence-electron chi connectivity index (χ4n) is 1.99. The molecule has 1 aromatic rings. The zero-order valence-corrected chi connectivity index (χ0v) is 12.0. The summed E-state index contributed by atoms with van der Waals surface area (Å²) in [5, 5.41) is 0. The molecule has 0 fully saturated rings. The van der Waals surface area contributed by atoms with Crippen molar-refractivity contribution >= 4 is 5.70 Å². The lowest BCUT2D eigenvalue weighted by molar-refractivity contribution is 0.397. The summed E-state index contributed by atoms with van der Waals surface area (Å²) >= 11 is 0. The van der Waals surface area contributed by atoms with Gasteiger partial charge in [-0.3, -0.25) is 0 Å². The van der Waals surface area contributed by atoms with E-state index in [0.717, 1.165) is 18.8 Å². The molecular formula is C16H26N2. The Hall–Kier alpha value is -1.28. The average molecular weight is 246 g/mol. The SMILES string of the molecule is C=C(c1ccc(C)c(C)c1)N(CCN)CCCC. The van der Waals surface area contributed by atoms with Gasteiger partial charge in [-0.1, -0.05) is 32.1 Å².